The van der Waals surface area contributed by atoms with Gasteiger partial charge in [-0.3, -0.25) is 14.4 Å². The summed E-state index contributed by atoms with van der Waals surface area (Å²) in [5.74, 6) is -2.69. The van der Waals surface area contributed by atoms with Crippen LogP contribution in [0.25, 0.3) is 10.9 Å². The Bertz CT molecular complexity index is 1110. The molecule has 10 heteroatoms. The number of amides is 3. The Morgan fingerprint density at radius 3 is 2.35 bits per heavy atom. The van der Waals surface area contributed by atoms with Crippen LogP contribution in [0.4, 0.5) is 0 Å². The Morgan fingerprint density at radius 2 is 1.73 bits per heavy atom. The van der Waals surface area contributed by atoms with Crippen molar-refractivity contribution in [2.24, 2.45) is 11.8 Å². The molecule has 0 aliphatic carbocycles. The van der Waals surface area contributed by atoms with Gasteiger partial charge >= 0.3 is 5.97 Å². The van der Waals surface area contributed by atoms with E-state index in [0.29, 0.717) is 6.42 Å². The Labute approximate surface area is 217 Å². The maximum absolute atomic E-state index is 13.5. The van der Waals surface area contributed by atoms with Crippen LogP contribution in [0.2, 0.25) is 0 Å². The minimum atomic E-state index is -1.12. The predicted molar refractivity (Wildman–Crippen MR) is 141 cm³/mol. The third-order valence-corrected chi connectivity index (χ3v) is 6.68. The highest BCUT2D eigenvalue weighted by Crippen LogP contribution is 2.20. The summed E-state index contributed by atoms with van der Waals surface area (Å²) in [7, 11) is 0. The quantitative estimate of drug-likeness (QED) is 0.254. The van der Waals surface area contributed by atoms with E-state index in [1.165, 1.54) is 0 Å². The monoisotopic (exact) mass is 513 g/mol. The molecule has 0 saturated carbocycles. The lowest BCUT2D eigenvalue weighted by Crippen LogP contribution is -2.58. The van der Waals surface area contributed by atoms with E-state index in [1.54, 1.807) is 13.8 Å². The maximum atomic E-state index is 13.5. The van der Waals surface area contributed by atoms with Gasteiger partial charge < -0.3 is 31.4 Å². The fourth-order valence-electron chi connectivity index (χ4n) is 4.65. The molecule has 4 atom stereocenters. The van der Waals surface area contributed by atoms with Gasteiger partial charge in [0.25, 0.3) is 0 Å². The molecule has 37 heavy (non-hydrogen) atoms. The predicted octanol–water partition coefficient (Wildman–Crippen LogP) is 1.70. The lowest BCUT2D eigenvalue weighted by Gasteiger charge is -2.27. The van der Waals surface area contributed by atoms with Crippen molar-refractivity contribution in [3.8, 4) is 0 Å². The van der Waals surface area contributed by atoms with E-state index in [4.69, 9.17) is 0 Å². The lowest BCUT2D eigenvalue weighted by atomic mass is 9.99. The molecule has 1 aromatic heterocycles. The summed E-state index contributed by atoms with van der Waals surface area (Å²) in [6.45, 7) is 8.05. The summed E-state index contributed by atoms with van der Waals surface area (Å²) in [4.78, 5) is 54.4. The van der Waals surface area contributed by atoms with Crippen molar-refractivity contribution < 1.29 is 24.3 Å². The average Bonchev–Trinajstić information content (AvgIpc) is 3.51. The van der Waals surface area contributed by atoms with Crippen LogP contribution in [-0.4, -0.2) is 64.5 Å². The van der Waals surface area contributed by atoms with Gasteiger partial charge in [0, 0.05) is 23.5 Å². The van der Waals surface area contributed by atoms with Gasteiger partial charge in [0.1, 0.15) is 18.1 Å². The molecule has 0 spiro atoms. The number of hydrogen-bond acceptors (Lipinski definition) is 5. The molecule has 2 heterocycles. The number of carbonyl (C=O) groups is 4. The number of rotatable bonds is 12. The standard InChI is InChI=1S/C27H39N5O5/c1-15(2)12-22(27(36)37)31-26(35)23(16(3)4)32-25(34)21(30-24(33)20-10-7-11-28-20)13-17-14-29-19-9-6-5-8-18(17)19/h5-6,8-9,14-16,20-23,28-29H,7,10-13H2,1-4H3,(H,30,33)(H,31,35)(H,32,34)(H,36,37)/t20-,21-,22-,23-/m0/s1. The fraction of sp³-hybridized carbons (Fsp3) is 0.556. The van der Waals surface area contributed by atoms with E-state index in [1.807, 2.05) is 44.3 Å². The Morgan fingerprint density at radius 1 is 1.00 bits per heavy atom. The van der Waals surface area contributed by atoms with Gasteiger partial charge in [0.05, 0.1) is 6.04 Å². The van der Waals surface area contributed by atoms with Crippen LogP contribution in [0.1, 0.15) is 52.5 Å². The molecule has 6 N–H and O–H groups in total. The molecule has 3 amide bonds. The van der Waals surface area contributed by atoms with Crippen LogP contribution < -0.4 is 21.3 Å². The van der Waals surface area contributed by atoms with Crippen molar-refractivity contribution >= 4 is 34.6 Å². The minimum Gasteiger partial charge on any atom is -0.480 e. The van der Waals surface area contributed by atoms with Crippen molar-refractivity contribution in [3.05, 3.63) is 36.0 Å². The van der Waals surface area contributed by atoms with Gasteiger partial charge in [0.2, 0.25) is 17.7 Å². The van der Waals surface area contributed by atoms with Crippen molar-refractivity contribution in [1.29, 1.82) is 0 Å². The molecule has 1 aliphatic heterocycles. The molecule has 202 valence electrons. The van der Waals surface area contributed by atoms with Crippen molar-refractivity contribution in [2.45, 2.75) is 77.5 Å². The second-order valence-corrected chi connectivity index (χ2v) is 10.5. The van der Waals surface area contributed by atoms with Crippen molar-refractivity contribution in [3.63, 3.8) is 0 Å². The molecule has 1 fully saturated rings. The van der Waals surface area contributed by atoms with Gasteiger partial charge in [-0.2, -0.15) is 0 Å². The maximum Gasteiger partial charge on any atom is 0.326 e. The number of aliphatic carboxylic acids is 1. The molecule has 1 aliphatic rings. The van der Waals surface area contributed by atoms with E-state index in [0.717, 1.165) is 29.4 Å². The first kappa shape index (κ1) is 28.2. The van der Waals surface area contributed by atoms with Gasteiger partial charge in [-0.1, -0.05) is 45.9 Å². The summed E-state index contributed by atoms with van der Waals surface area (Å²) in [6.07, 6.45) is 3.89. The molecule has 0 bridgehead atoms. The zero-order valence-corrected chi connectivity index (χ0v) is 22.0. The number of aromatic nitrogens is 1. The topological polar surface area (TPSA) is 152 Å². The van der Waals surface area contributed by atoms with Crippen LogP contribution in [0.15, 0.2) is 30.5 Å². The van der Waals surface area contributed by atoms with Crippen molar-refractivity contribution in [2.75, 3.05) is 6.54 Å². The van der Waals surface area contributed by atoms with E-state index < -0.39 is 35.9 Å². The number of carbonyl (C=O) groups excluding carboxylic acids is 3. The van der Waals surface area contributed by atoms with Gasteiger partial charge in [0.15, 0.2) is 0 Å². The number of carboxylic acids is 1. The largest absolute Gasteiger partial charge is 0.480 e. The number of H-pyrrole nitrogens is 1. The van der Waals surface area contributed by atoms with Crippen molar-refractivity contribution in [1.82, 2.24) is 26.3 Å². The van der Waals surface area contributed by atoms with E-state index in [-0.39, 0.29) is 36.6 Å². The molecule has 2 aromatic rings. The van der Waals surface area contributed by atoms with E-state index in [9.17, 15) is 24.3 Å². The normalized spacial score (nSPS) is 17.9. The number of nitrogens with one attached hydrogen (secondary N) is 5. The number of hydrogen-bond donors (Lipinski definition) is 6. The summed E-state index contributed by atoms with van der Waals surface area (Å²) >= 11 is 0. The SMILES string of the molecule is CC(C)C[C@H](NC(=O)[C@@H](NC(=O)[C@H](Cc1c[nH]c2ccccc12)NC(=O)[C@@H]1CCCN1)C(C)C)C(=O)O. The van der Waals surface area contributed by atoms with E-state index >= 15 is 0 Å². The third-order valence-electron chi connectivity index (χ3n) is 6.68. The van der Waals surface area contributed by atoms with E-state index in [2.05, 4.69) is 26.3 Å². The molecular weight excluding hydrogens is 474 g/mol. The zero-order chi connectivity index (χ0) is 27.1. The highest BCUT2D eigenvalue weighted by atomic mass is 16.4. The molecular formula is C27H39N5O5. The third kappa shape index (κ3) is 7.55. The molecule has 1 aromatic carbocycles. The molecule has 0 radical (unpaired) electrons. The second kappa shape index (κ2) is 12.7. The summed E-state index contributed by atoms with van der Waals surface area (Å²) in [6, 6.07) is 4.39. The molecule has 3 rings (SSSR count). The van der Waals surface area contributed by atoms with Crippen LogP contribution in [0, 0.1) is 11.8 Å². The summed E-state index contributed by atoms with van der Waals surface area (Å²) < 4.78 is 0. The minimum absolute atomic E-state index is 0.0634. The number of benzene rings is 1. The number of carboxylic acid groups (broad SMARTS) is 1. The smallest absolute Gasteiger partial charge is 0.326 e. The molecule has 10 nitrogen and oxygen atoms in total. The number of para-hydroxylation sites is 1. The van der Waals surface area contributed by atoms with Gasteiger partial charge in [-0.05, 0) is 49.3 Å². The summed E-state index contributed by atoms with van der Waals surface area (Å²) in [5.41, 5.74) is 1.79. The highest BCUT2D eigenvalue weighted by Gasteiger charge is 2.33. The molecule has 0 unspecified atom stereocenters. The van der Waals surface area contributed by atoms with Crippen LogP contribution >= 0.6 is 0 Å². The lowest BCUT2D eigenvalue weighted by molar-refractivity contribution is -0.143. The van der Waals surface area contributed by atoms with Crippen LogP contribution in [-0.2, 0) is 25.6 Å². The first-order valence-corrected chi connectivity index (χ1v) is 13.0. The van der Waals surface area contributed by atoms with Gasteiger partial charge in [-0.15, -0.1) is 0 Å². The Hall–Kier alpha value is -3.40. The first-order chi connectivity index (χ1) is 17.6. The fourth-order valence-corrected chi connectivity index (χ4v) is 4.65. The van der Waals surface area contributed by atoms with Crippen LogP contribution in [0.5, 0.6) is 0 Å². The van der Waals surface area contributed by atoms with Gasteiger partial charge in [-0.25, -0.2) is 4.79 Å². The second-order valence-electron chi connectivity index (χ2n) is 10.5. The highest BCUT2D eigenvalue weighted by molar-refractivity contribution is 5.95. The number of fused-ring (bicyclic) bond motifs is 1. The van der Waals surface area contributed by atoms with Crippen LogP contribution in [0.3, 0.4) is 0 Å². The Kier molecular flexibility index (Phi) is 9.68. The average molecular weight is 514 g/mol. The number of aromatic amines is 1. The Balaban J connectivity index is 1.79. The summed E-state index contributed by atoms with van der Waals surface area (Å²) in [5, 5.41) is 21.9. The first-order valence-electron chi connectivity index (χ1n) is 13.0. The molecule has 1 saturated heterocycles. The zero-order valence-electron chi connectivity index (χ0n) is 22.0.